The first-order valence-corrected chi connectivity index (χ1v) is 19.2. The van der Waals surface area contributed by atoms with Gasteiger partial charge in [0.2, 0.25) is 0 Å². The molecule has 12 nitrogen and oxygen atoms in total. The van der Waals surface area contributed by atoms with E-state index < -0.39 is 0 Å². The van der Waals surface area contributed by atoms with Gasteiger partial charge >= 0.3 is 0 Å². The molecule has 0 spiro atoms. The van der Waals surface area contributed by atoms with Gasteiger partial charge in [0, 0.05) is 0 Å². The Morgan fingerprint density at radius 2 is 0.750 bits per heavy atom. The smallest absolute Gasteiger partial charge is 0.142 e. The van der Waals surface area contributed by atoms with Gasteiger partial charge in [-0.25, -0.2) is 0 Å². The van der Waals surface area contributed by atoms with Crippen LogP contribution in [0.4, 0.5) is 5.69 Å². The van der Waals surface area contributed by atoms with Gasteiger partial charge < -0.3 is 57.8 Å². The first-order valence-electron chi connectivity index (χ1n) is 19.2. The molecule has 2 aromatic rings. The van der Waals surface area contributed by atoms with E-state index in [1.165, 1.54) is 44.1 Å². The minimum absolute atomic E-state index is 0.439. The molecule has 0 saturated heterocycles. The number of unbranched alkanes of at least 4 members (excludes halogenated alkanes) is 5. The maximum absolute atomic E-state index is 5.83. The molecule has 0 fully saturated rings. The van der Waals surface area contributed by atoms with Crippen molar-refractivity contribution in [2.45, 2.75) is 51.9 Å². The van der Waals surface area contributed by atoms with Gasteiger partial charge in [0.25, 0.3) is 0 Å². The SMILES string of the molecule is CCCCCCCCc1ccc(OCCOCCOCCOCCOCCOCCOCCOCCOCCOCCOc2ccccc2N)cc1. The topological polar surface area (TPSA) is 128 Å². The number of para-hydroxylation sites is 2. The Bertz CT molecular complexity index is 1030. The Labute approximate surface area is 312 Å². The maximum atomic E-state index is 5.83. The van der Waals surface area contributed by atoms with E-state index in [2.05, 4.69) is 31.2 Å². The molecule has 0 amide bonds. The van der Waals surface area contributed by atoms with Crippen LogP contribution in [0.25, 0.3) is 0 Å². The fourth-order valence-electron chi connectivity index (χ4n) is 4.76. The largest absolute Gasteiger partial charge is 0.491 e. The minimum atomic E-state index is 0.439. The van der Waals surface area contributed by atoms with Crippen LogP contribution in [0.2, 0.25) is 0 Å². The summed E-state index contributed by atoms with van der Waals surface area (Å²) in [6.45, 7) is 12.4. The molecule has 2 N–H and O–H groups in total. The monoisotopic (exact) mass is 737 g/mol. The summed E-state index contributed by atoms with van der Waals surface area (Å²) in [6, 6.07) is 15.8. The highest BCUT2D eigenvalue weighted by Gasteiger charge is 2.00. The molecule has 0 heterocycles. The molecular formula is C40H67NO11. The third kappa shape index (κ3) is 28.0. The average molecular weight is 738 g/mol. The Hall–Kier alpha value is -2.52. The molecule has 0 saturated carbocycles. The van der Waals surface area contributed by atoms with E-state index >= 15 is 0 Å². The van der Waals surface area contributed by atoms with E-state index in [-0.39, 0.29) is 0 Å². The lowest BCUT2D eigenvalue weighted by molar-refractivity contribution is -0.0257. The molecule has 2 aromatic carbocycles. The normalized spacial score (nSPS) is 11.3. The van der Waals surface area contributed by atoms with Gasteiger partial charge in [-0.1, -0.05) is 63.3 Å². The van der Waals surface area contributed by atoms with Crippen LogP contribution in [0.15, 0.2) is 48.5 Å². The van der Waals surface area contributed by atoms with E-state index in [0.717, 1.165) is 12.2 Å². The summed E-state index contributed by atoms with van der Waals surface area (Å²) in [5.74, 6) is 1.55. The van der Waals surface area contributed by atoms with E-state index in [1.54, 1.807) is 6.07 Å². The van der Waals surface area contributed by atoms with Crippen LogP contribution in [0.5, 0.6) is 11.5 Å². The number of aryl methyl sites for hydroxylation is 1. The van der Waals surface area contributed by atoms with Crippen LogP contribution in [0.1, 0.15) is 51.0 Å². The molecule has 0 aromatic heterocycles. The first kappa shape index (κ1) is 45.6. The second-order valence-corrected chi connectivity index (χ2v) is 11.9. The van der Waals surface area contributed by atoms with Gasteiger partial charge in [0.05, 0.1) is 125 Å². The molecule has 0 aliphatic carbocycles. The summed E-state index contributed by atoms with van der Waals surface area (Å²) >= 11 is 0. The predicted octanol–water partition coefficient (Wildman–Crippen LogP) is 5.78. The molecule has 12 heteroatoms. The lowest BCUT2D eigenvalue weighted by atomic mass is 10.0. The van der Waals surface area contributed by atoms with Gasteiger partial charge in [-0.05, 0) is 42.7 Å². The molecule has 0 aliphatic rings. The fraction of sp³-hybridized carbons (Fsp3) is 0.700. The maximum Gasteiger partial charge on any atom is 0.142 e. The summed E-state index contributed by atoms with van der Waals surface area (Å²) < 4.78 is 61.0. The van der Waals surface area contributed by atoms with E-state index in [9.17, 15) is 0 Å². The van der Waals surface area contributed by atoms with Crippen LogP contribution < -0.4 is 15.2 Å². The molecular weight excluding hydrogens is 670 g/mol. The van der Waals surface area contributed by atoms with E-state index in [0.29, 0.717) is 144 Å². The van der Waals surface area contributed by atoms with Gasteiger partial charge in [-0.2, -0.15) is 0 Å². The Morgan fingerprint density at radius 3 is 1.17 bits per heavy atom. The number of benzene rings is 2. The van der Waals surface area contributed by atoms with Crippen LogP contribution in [0, 0.1) is 0 Å². The summed E-state index contributed by atoms with van der Waals surface area (Å²) in [7, 11) is 0. The number of hydrogen-bond donors (Lipinski definition) is 1. The zero-order valence-electron chi connectivity index (χ0n) is 31.8. The molecule has 0 atom stereocenters. The van der Waals surface area contributed by atoms with Crippen LogP contribution >= 0.6 is 0 Å². The van der Waals surface area contributed by atoms with Crippen molar-refractivity contribution in [2.75, 3.05) is 138 Å². The zero-order valence-corrected chi connectivity index (χ0v) is 31.8. The van der Waals surface area contributed by atoms with Gasteiger partial charge in [0.15, 0.2) is 0 Å². The summed E-state index contributed by atoms with van der Waals surface area (Å²) in [5, 5.41) is 0. The van der Waals surface area contributed by atoms with Crippen molar-refractivity contribution in [3.8, 4) is 11.5 Å². The standard InChI is InChI=1S/C40H67NO11/c1-2-3-4-5-6-7-10-37-13-15-38(16-14-37)51-35-33-49-31-29-47-27-25-45-23-21-43-19-17-42-18-20-44-22-24-46-26-28-48-30-32-50-34-36-52-40-12-9-8-11-39(40)41/h8-9,11-16H,2-7,10,17-36,41H2,1H3. The number of anilines is 1. The second-order valence-electron chi connectivity index (χ2n) is 11.9. The highest BCUT2D eigenvalue weighted by atomic mass is 16.6. The molecule has 0 aliphatic heterocycles. The highest BCUT2D eigenvalue weighted by molar-refractivity contribution is 5.51. The van der Waals surface area contributed by atoms with Crippen molar-refractivity contribution in [1.29, 1.82) is 0 Å². The quantitative estimate of drug-likeness (QED) is 0.0660. The molecule has 0 bridgehead atoms. The van der Waals surface area contributed by atoms with Crippen molar-refractivity contribution in [3.63, 3.8) is 0 Å². The van der Waals surface area contributed by atoms with Crippen LogP contribution in [-0.2, 0) is 49.1 Å². The van der Waals surface area contributed by atoms with Crippen molar-refractivity contribution in [3.05, 3.63) is 54.1 Å². The summed E-state index contributed by atoms with van der Waals surface area (Å²) in [6.07, 6.45) is 9.08. The Kier molecular flexibility index (Phi) is 31.2. The second kappa shape index (κ2) is 35.5. The minimum Gasteiger partial charge on any atom is -0.491 e. The average Bonchev–Trinajstić information content (AvgIpc) is 3.16. The number of rotatable bonds is 39. The lowest BCUT2D eigenvalue weighted by Crippen LogP contribution is -2.15. The molecule has 0 unspecified atom stereocenters. The molecule has 298 valence electrons. The van der Waals surface area contributed by atoms with Crippen molar-refractivity contribution in [2.24, 2.45) is 0 Å². The van der Waals surface area contributed by atoms with Gasteiger partial charge in [-0.15, -0.1) is 0 Å². The third-order valence-electron chi connectivity index (χ3n) is 7.62. The van der Waals surface area contributed by atoms with Gasteiger partial charge in [-0.3, -0.25) is 0 Å². The van der Waals surface area contributed by atoms with E-state index in [4.69, 9.17) is 57.8 Å². The third-order valence-corrected chi connectivity index (χ3v) is 7.62. The first-order chi connectivity index (χ1) is 25.8. The van der Waals surface area contributed by atoms with Crippen LogP contribution in [0.3, 0.4) is 0 Å². The highest BCUT2D eigenvalue weighted by Crippen LogP contribution is 2.19. The fourth-order valence-corrected chi connectivity index (χ4v) is 4.76. The lowest BCUT2D eigenvalue weighted by Gasteiger charge is -2.10. The predicted molar refractivity (Wildman–Crippen MR) is 203 cm³/mol. The molecule has 52 heavy (non-hydrogen) atoms. The molecule has 2 rings (SSSR count). The van der Waals surface area contributed by atoms with Crippen molar-refractivity contribution < 1.29 is 52.1 Å². The molecule has 0 radical (unpaired) electrons. The zero-order chi connectivity index (χ0) is 36.8. The number of hydrogen-bond acceptors (Lipinski definition) is 12. The Balaban J connectivity index is 1.18. The summed E-state index contributed by atoms with van der Waals surface area (Å²) in [4.78, 5) is 0. The Morgan fingerprint density at radius 1 is 0.385 bits per heavy atom. The number of nitrogens with two attached hydrogens (primary N) is 1. The van der Waals surface area contributed by atoms with Crippen LogP contribution in [-0.4, -0.2) is 132 Å². The van der Waals surface area contributed by atoms with E-state index in [1.807, 2.05) is 18.2 Å². The summed E-state index contributed by atoms with van der Waals surface area (Å²) in [5.41, 5.74) is 7.82. The number of ether oxygens (including phenoxy) is 11. The number of nitrogen functional groups attached to an aromatic ring is 1. The van der Waals surface area contributed by atoms with Crippen molar-refractivity contribution in [1.82, 2.24) is 0 Å². The van der Waals surface area contributed by atoms with Gasteiger partial charge in [0.1, 0.15) is 24.7 Å². The van der Waals surface area contributed by atoms with Crippen molar-refractivity contribution >= 4 is 5.69 Å².